The van der Waals surface area contributed by atoms with Gasteiger partial charge in [-0.25, -0.2) is 4.98 Å². The summed E-state index contributed by atoms with van der Waals surface area (Å²) in [6.07, 6.45) is -3.95. The van der Waals surface area contributed by atoms with Crippen LogP contribution in [0.3, 0.4) is 0 Å². The minimum Gasteiger partial charge on any atom is -0.480 e. The Kier molecular flexibility index (Phi) is 3.93. The highest BCUT2D eigenvalue weighted by molar-refractivity contribution is 5.56. The number of methoxy groups -OCH3 is 1. The molecule has 0 bridgehead atoms. The lowest BCUT2D eigenvalue weighted by Gasteiger charge is -2.12. The third-order valence-electron chi connectivity index (χ3n) is 2.50. The van der Waals surface area contributed by atoms with Crippen molar-refractivity contribution in [3.05, 3.63) is 41.6 Å². The SMILES string of the molecule is COc1nc(Nc2cccc(C#N)c2)ncc1C(F)(F)F. The van der Waals surface area contributed by atoms with E-state index in [9.17, 15) is 13.2 Å². The molecule has 1 aromatic heterocycles. The lowest BCUT2D eigenvalue weighted by atomic mass is 10.2. The van der Waals surface area contributed by atoms with E-state index in [0.717, 1.165) is 7.11 Å². The number of nitriles is 1. The van der Waals surface area contributed by atoms with Crippen LogP contribution in [0.2, 0.25) is 0 Å². The van der Waals surface area contributed by atoms with Crippen molar-refractivity contribution in [1.82, 2.24) is 9.97 Å². The van der Waals surface area contributed by atoms with Gasteiger partial charge in [0.2, 0.25) is 11.8 Å². The van der Waals surface area contributed by atoms with E-state index >= 15 is 0 Å². The van der Waals surface area contributed by atoms with Gasteiger partial charge in [0.05, 0.1) is 18.7 Å². The summed E-state index contributed by atoms with van der Waals surface area (Å²) >= 11 is 0. The zero-order chi connectivity index (χ0) is 15.5. The molecule has 21 heavy (non-hydrogen) atoms. The predicted octanol–water partition coefficient (Wildman–Crippen LogP) is 3.12. The van der Waals surface area contributed by atoms with Crippen LogP contribution in [0, 0.1) is 11.3 Å². The quantitative estimate of drug-likeness (QED) is 0.941. The van der Waals surface area contributed by atoms with Crippen LogP contribution >= 0.6 is 0 Å². The third kappa shape index (κ3) is 3.39. The van der Waals surface area contributed by atoms with Crippen LogP contribution in [0.4, 0.5) is 24.8 Å². The molecule has 1 heterocycles. The Morgan fingerprint density at radius 1 is 1.33 bits per heavy atom. The first-order valence-electron chi connectivity index (χ1n) is 5.69. The summed E-state index contributed by atoms with van der Waals surface area (Å²) in [6.45, 7) is 0. The molecule has 0 unspecified atom stereocenters. The zero-order valence-electron chi connectivity index (χ0n) is 10.8. The number of alkyl halides is 3. The lowest BCUT2D eigenvalue weighted by Crippen LogP contribution is -2.11. The molecule has 0 saturated carbocycles. The van der Waals surface area contributed by atoms with Gasteiger partial charge in [-0.05, 0) is 18.2 Å². The van der Waals surface area contributed by atoms with Crippen molar-refractivity contribution in [2.45, 2.75) is 6.18 Å². The van der Waals surface area contributed by atoms with Crippen LogP contribution in [0.1, 0.15) is 11.1 Å². The Hall–Kier alpha value is -2.82. The molecule has 108 valence electrons. The molecule has 0 atom stereocenters. The highest BCUT2D eigenvalue weighted by Crippen LogP contribution is 2.35. The molecule has 0 fully saturated rings. The van der Waals surface area contributed by atoms with E-state index in [4.69, 9.17) is 5.26 Å². The van der Waals surface area contributed by atoms with Gasteiger partial charge in [0.15, 0.2) is 0 Å². The minimum atomic E-state index is -4.59. The number of rotatable bonds is 3. The molecule has 2 rings (SSSR count). The number of halogens is 3. The van der Waals surface area contributed by atoms with Crippen molar-refractivity contribution in [2.75, 3.05) is 12.4 Å². The van der Waals surface area contributed by atoms with Crippen LogP contribution in [0.5, 0.6) is 5.88 Å². The van der Waals surface area contributed by atoms with Crippen molar-refractivity contribution >= 4 is 11.6 Å². The normalized spacial score (nSPS) is 10.8. The van der Waals surface area contributed by atoms with Gasteiger partial charge in [0.1, 0.15) is 5.56 Å². The second-order valence-electron chi connectivity index (χ2n) is 3.93. The highest BCUT2D eigenvalue weighted by Gasteiger charge is 2.36. The number of nitrogens with one attached hydrogen (secondary N) is 1. The molecule has 1 N–H and O–H groups in total. The molecule has 0 radical (unpaired) electrons. The second kappa shape index (κ2) is 5.66. The maximum Gasteiger partial charge on any atom is 0.423 e. The van der Waals surface area contributed by atoms with Crippen LogP contribution in [0.15, 0.2) is 30.5 Å². The average Bonchev–Trinajstić information content (AvgIpc) is 2.46. The van der Waals surface area contributed by atoms with Gasteiger partial charge in [0.25, 0.3) is 0 Å². The largest absolute Gasteiger partial charge is 0.480 e. The zero-order valence-corrected chi connectivity index (χ0v) is 10.8. The van der Waals surface area contributed by atoms with Crippen molar-refractivity contribution in [3.63, 3.8) is 0 Å². The monoisotopic (exact) mass is 294 g/mol. The number of ether oxygens (including phenoxy) is 1. The summed E-state index contributed by atoms with van der Waals surface area (Å²) in [7, 11) is 1.09. The molecule has 2 aromatic rings. The third-order valence-corrected chi connectivity index (χ3v) is 2.50. The van der Waals surface area contributed by atoms with Gasteiger partial charge in [-0.1, -0.05) is 6.07 Å². The molecule has 0 aliphatic rings. The second-order valence-corrected chi connectivity index (χ2v) is 3.93. The maximum atomic E-state index is 12.7. The Morgan fingerprint density at radius 2 is 2.10 bits per heavy atom. The molecule has 8 heteroatoms. The van der Waals surface area contributed by atoms with Gasteiger partial charge in [-0.2, -0.15) is 23.4 Å². The van der Waals surface area contributed by atoms with E-state index in [-0.39, 0.29) is 5.95 Å². The van der Waals surface area contributed by atoms with E-state index in [1.807, 2.05) is 6.07 Å². The smallest absolute Gasteiger partial charge is 0.423 e. The summed E-state index contributed by atoms with van der Waals surface area (Å²) in [5.41, 5.74) is -0.170. The predicted molar refractivity (Wildman–Crippen MR) is 68.0 cm³/mol. The Balaban J connectivity index is 2.31. The number of anilines is 2. The van der Waals surface area contributed by atoms with E-state index < -0.39 is 17.6 Å². The van der Waals surface area contributed by atoms with Crippen molar-refractivity contribution in [1.29, 1.82) is 5.26 Å². The molecule has 0 saturated heterocycles. The van der Waals surface area contributed by atoms with Gasteiger partial charge in [-0.15, -0.1) is 0 Å². The molecular weight excluding hydrogens is 285 g/mol. The molecule has 5 nitrogen and oxygen atoms in total. The molecular formula is C13H9F3N4O. The summed E-state index contributed by atoms with van der Waals surface area (Å²) < 4.78 is 42.7. The van der Waals surface area contributed by atoms with Crippen LogP contribution in [-0.4, -0.2) is 17.1 Å². The fraction of sp³-hybridized carbons (Fsp3) is 0.154. The van der Waals surface area contributed by atoms with Gasteiger partial charge in [-0.3, -0.25) is 0 Å². The first kappa shape index (κ1) is 14.6. The molecule has 0 amide bonds. The number of nitrogens with zero attached hydrogens (tertiary/aromatic N) is 3. The van der Waals surface area contributed by atoms with E-state index in [1.165, 1.54) is 6.07 Å². The fourth-order valence-corrected chi connectivity index (χ4v) is 1.57. The van der Waals surface area contributed by atoms with Crippen molar-refractivity contribution < 1.29 is 17.9 Å². The summed E-state index contributed by atoms with van der Waals surface area (Å²) in [5.74, 6) is -0.633. The Bertz CT molecular complexity index is 695. The van der Waals surface area contributed by atoms with E-state index in [0.29, 0.717) is 17.4 Å². The van der Waals surface area contributed by atoms with Crippen molar-refractivity contribution in [3.8, 4) is 11.9 Å². The standard InChI is InChI=1S/C13H9F3N4O/c1-21-11-10(13(14,15)16)7-18-12(20-11)19-9-4-2-3-8(5-9)6-17/h2-5,7H,1H3,(H,18,19,20). The summed E-state index contributed by atoms with van der Waals surface area (Å²) in [4.78, 5) is 7.26. The Morgan fingerprint density at radius 3 is 2.71 bits per heavy atom. The average molecular weight is 294 g/mol. The maximum absolute atomic E-state index is 12.7. The fourth-order valence-electron chi connectivity index (χ4n) is 1.57. The molecule has 0 spiro atoms. The summed E-state index contributed by atoms with van der Waals surface area (Å²) in [6, 6.07) is 8.33. The van der Waals surface area contributed by atoms with Crippen LogP contribution < -0.4 is 10.1 Å². The first-order valence-corrected chi connectivity index (χ1v) is 5.69. The van der Waals surface area contributed by atoms with Crippen LogP contribution in [0.25, 0.3) is 0 Å². The Labute approximate surface area is 118 Å². The van der Waals surface area contributed by atoms with Gasteiger partial charge in [0, 0.05) is 11.9 Å². The van der Waals surface area contributed by atoms with Crippen molar-refractivity contribution in [2.24, 2.45) is 0 Å². The molecule has 0 aliphatic heterocycles. The lowest BCUT2D eigenvalue weighted by molar-refractivity contribution is -0.139. The first-order chi connectivity index (χ1) is 9.94. The number of hydrogen-bond donors (Lipinski definition) is 1. The minimum absolute atomic E-state index is 0.0602. The number of hydrogen-bond acceptors (Lipinski definition) is 5. The summed E-state index contributed by atoms with van der Waals surface area (Å²) in [5, 5.41) is 11.5. The molecule has 0 aliphatic carbocycles. The van der Waals surface area contributed by atoms with Crippen LogP contribution in [-0.2, 0) is 6.18 Å². The topological polar surface area (TPSA) is 70.8 Å². The van der Waals surface area contributed by atoms with Gasteiger partial charge >= 0.3 is 6.18 Å². The van der Waals surface area contributed by atoms with E-state index in [2.05, 4.69) is 20.0 Å². The van der Waals surface area contributed by atoms with E-state index in [1.54, 1.807) is 18.2 Å². The molecule has 1 aromatic carbocycles. The number of aromatic nitrogens is 2. The highest BCUT2D eigenvalue weighted by atomic mass is 19.4. The van der Waals surface area contributed by atoms with Gasteiger partial charge < -0.3 is 10.1 Å². The number of benzene rings is 1.